The van der Waals surface area contributed by atoms with Crippen LogP contribution in [0.25, 0.3) is 0 Å². The van der Waals surface area contributed by atoms with Crippen molar-refractivity contribution in [3.8, 4) is 0 Å². The van der Waals surface area contributed by atoms with E-state index in [2.05, 4.69) is 9.97 Å². The molecule has 1 rings (SSSR count). The molecule has 70 valence electrons. The van der Waals surface area contributed by atoms with Crippen molar-refractivity contribution in [2.24, 2.45) is 5.73 Å². The van der Waals surface area contributed by atoms with E-state index in [-0.39, 0.29) is 5.56 Å². The summed E-state index contributed by atoms with van der Waals surface area (Å²) in [5, 5.41) is -0.766. The molecular formula is C5H5N3O4S. The molecule has 0 unspecified atom stereocenters. The van der Waals surface area contributed by atoms with Gasteiger partial charge in [-0.25, -0.2) is 9.97 Å². The molecule has 0 fully saturated rings. The van der Waals surface area contributed by atoms with Crippen LogP contribution >= 0.6 is 0 Å². The van der Waals surface area contributed by atoms with Crippen LogP contribution in [0.3, 0.4) is 0 Å². The minimum atomic E-state index is -4.42. The first kappa shape index (κ1) is 9.55. The fourth-order valence-electron chi connectivity index (χ4n) is 0.577. The van der Waals surface area contributed by atoms with Crippen molar-refractivity contribution in [2.75, 3.05) is 0 Å². The quantitative estimate of drug-likeness (QED) is 0.460. The van der Waals surface area contributed by atoms with Gasteiger partial charge < -0.3 is 5.73 Å². The van der Waals surface area contributed by atoms with Gasteiger partial charge in [0.15, 0.2) is 0 Å². The SMILES string of the molecule is NC(=O)c1cnc(S(=O)(=O)O)nc1. The van der Waals surface area contributed by atoms with E-state index >= 15 is 0 Å². The maximum atomic E-state index is 10.5. The molecule has 0 radical (unpaired) electrons. The fourth-order valence-corrected chi connectivity index (χ4v) is 0.948. The van der Waals surface area contributed by atoms with Gasteiger partial charge in [-0.15, -0.1) is 0 Å². The van der Waals surface area contributed by atoms with Crippen molar-refractivity contribution in [3.63, 3.8) is 0 Å². The third-order valence-electron chi connectivity index (χ3n) is 1.14. The summed E-state index contributed by atoms with van der Waals surface area (Å²) in [4.78, 5) is 16.9. The van der Waals surface area contributed by atoms with Gasteiger partial charge in [-0.1, -0.05) is 0 Å². The molecule has 0 aliphatic rings. The van der Waals surface area contributed by atoms with Crippen LogP contribution in [0.1, 0.15) is 10.4 Å². The fraction of sp³-hybridized carbons (Fsp3) is 0. The van der Waals surface area contributed by atoms with Crippen LogP contribution in [0.2, 0.25) is 0 Å². The molecule has 1 heterocycles. The summed E-state index contributed by atoms with van der Waals surface area (Å²) in [5.74, 6) is -0.776. The summed E-state index contributed by atoms with van der Waals surface area (Å²) in [6.07, 6.45) is 1.83. The van der Waals surface area contributed by atoms with Gasteiger partial charge >= 0.3 is 10.1 Å². The summed E-state index contributed by atoms with van der Waals surface area (Å²) < 4.78 is 29.3. The van der Waals surface area contributed by atoms with E-state index in [1.54, 1.807) is 0 Å². The maximum Gasteiger partial charge on any atom is 0.330 e. The van der Waals surface area contributed by atoms with Crippen LogP contribution in [0, 0.1) is 0 Å². The molecule has 0 bridgehead atoms. The number of aromatic nitrogens is 2. The zero-order valence-corrected chi connectivity index (χ0v) is 7.02. The lowest BCUT2D eigenvalue weighted by Gasteiger charge is -1.95. The summed E-state index contributed by atoms with van der Waals surface area (Å²) >= 11 is 0. The summed E-state index contributed by atoms with van der Waals surface area (Å²) in [7, 11) is -4.42. The number of carbonyl (C=O) groups excluding carboxylic acids is 1. The van der Waals surface area contributed by atoms with Crippen LogP contribution in [0.4, 0.5) is 0 Å². The van der Waals surface area contributed by atoms with Crippen LogP contribution in [-0.4, -0.2) is 28.8 Å². The number of hydrogen-bond donors (Lipinski definition) is 2. The number of amides is 1. The van der Waals surface area contributed by atoms with E-state index in [1.165, 1.54) is 0 Å². The molecule has 0 aliphatic carbocycles. The molecule has 0 spiro atoms. The van der Waals surface area contributed by atoms with Crippen molar-refractivity contribution in [3.05, 3.63) is 18.0 Å². The maximum absolute atomic E-state index is 10.5. The zero-order chi connectivity index (χ0) is 10.1. The molecule has 0 aliphatic heterocycles. The Bertz CT molecular complexity index is 424. The van der Waals surface area contributed by atoms with Crippen LogP contribution in [-0.2, 0) is 10.1 Å². The molecule has 0 saturated heterocycles. The second-order valence-electron chi connectivity index (χ2n) is 2.09. The van der Waals surface area contributed by atoms with Crippen LogP contribution in [0.5, 0.6) is 0 Å². The largest absolute Gasteiger partial charge is 0.366 e. The Balaban J connectivity index is 3.16. The molecule has 1 amide bonds. The Morgan fingerprint density at radius 1 is 1.38 bits per heavy atom. The molecule has 3 N–H and O–H groups in total. The normalized spacial score (nSPS) is 11.2. The lowest BCUT2D eigenvalue weighted by molar-refractivity contribution is 0.0999. The van der Waals surface area contributed by atoms with Crippen molar-refractivity contribution < 1.29 is 17.8 Å². The monoisotopic (exact) mass is 203 g/mol. The third kappa shape index (κ3) is 2.20. The Morgan fingerprint density at radius 3 is 2.15 bits per heavy atom. The average Bonchev–Trinajstić information content (AvgIpc) is 2.03. The summed E-state index contributed by atoms with van der Waals surface area (Å²) in [6, 6.07) is 0. The second-order valence-corrected chi connectivity index (χ2v) is 3.41. The molecule has 1 aromatic rings. The van der Waals surface area contributed by atoms with E-state index in [0.29, 0.717) is 0 Å². The highest BCUT2D eigenvalue weighted by Crippen LogP contribution is 2.00. The van der Waals surface area contributed by atoms with Gasteiger partial charge in [0.1, 0.15) is 0 Å². The van der Waals surface area contributed by atoms with Gasteiger partial charge in [0, 0.05) is 12.4 Å². The van der Waals surface area contributed by atoms with E-state index < -0.39 is 21.2 Å². The van der Waals surface area contributed by atoms with E-state index in [4.69, 9.17) is 10.3 Å². The Kier molecular flexibility index (Phi) is 2.26. The van der Waals surface area contributed by atoms with Crippen molar-refractivity contribution in [1.29, 1.82) is 0 Å². The van der Waals surface area contributed by atoms with E-state index in [0.717, 1.165) is 12.4 Å². The summed E-state index contributed by atoms with van der Waals surface area (Å²) in [5.41, 5.74) is 4.81. The number of rotatable bonds is 2. The van der Waals surface area contributed by atoms with Gasteiger partial charge in [-0.2, -0.15) is 8.42 Å². The van der Waals surface area contributed by atoms with Crippen molar-refractivity contribution in [2.45, 2.75) is 5.16 Å². The third-order valence-corrected chi connectivity index (χ3v) is 1.82. The zero-order valence-electron chi connectivity index (χ0n) is 6.21. The van der Waals surface area contributed by atoms with Gasteiger partial charge in [-0.05, 0) is 0 Å². The van der Waals surface area contributed by atoms with E-state index in [1.807, 2.05) is 0 Å². The molecule has 7 nitrogen and oxygen atoms in total. The molecule has 13 heavy (non-hydrogen) atoms. The highest BCUT2D eigenvalue weighted by atomic mass is 32.2. The molecule has 1 aromatic heterocycles. The van der Waals surface area contributed by atoms with Gasteiger partial charge in [-0.3, -0.25) is 9.35 Å². The van der Waals surface area contributed by atoms with Gasteiger partial charge in [0.25, 0.3) is 11.1 Å². The highest BCUT2D eigenvalue weighted by Gasteiger charge is 2.13. The van der Waals surface area contributed by atoms with Gasteiger partial charge in [0.2, 0.25) is 0 Å². The highest BCUT2D eigenvalue weighted by molar-refractivity contribution is 7.85. The first-order valence-corrected chi connectivity index (χ1v) is 4.44. The first-order valence-electron chi connectivity index (χ1n) is 3.00. The molecule has 8 heteroatoms. The Hall–Kier alpha value is -1.54. The standard InChI is InChI=1S/C5H5N3O4S/c6-4(9)3-1-7-5(8-2-3)13(10,11)12/h1-2H,(H2,6,9)(H,10,11,12). The van der Waals surface area contributed by atoms with Crippen LogP contribution < -0.4 is 5.73 Å². The number of nitrogens with zero attached hydrogens (tertiary/aromatic N) is 2. The molecule has 0 aromatic carbocycles. The number of primary amides is 1. The minimum Gasteiger partial charge on any atom is -0.366 e. The second kappa shape index (κ2) is 3.07. The number of nitrogens with two attached hydrogens (primary N) is 1. The predicted octanol–water partition coefficient (Wildman–Crippen LogP) is -1.18. The Labute approximate surface area is 73.4 Å². The van der Waals surface area contributed by atoms with Crippen LogP contribution in [0.15, 0.2) is 17.6 Å². The topological polar surface area (TPSA) is 123 Å². The minimum absolute atomic E-state index is 0.0348. The van der Waals surface area contributed by atoms with Crippen molar-refractivity contribution >= 4 is 16.0 Å². The lowest BCUT2D eigenvalue weighted by Crippen LogP contribution is -2.13. The smallest absolute Gasteiger partial charge is 0.330 e. The van der Waals surface area contributed by atoms with E-state index in [9.17, 15) is 13.2 Å². The molecular weight excluding hydrogens is 198 g/mol. The Morgan fingerprint density at radius 2 is 1.85 bits per heavy atom. The predicted molar refractivity (Wildman–Crippen MR) is 40.4 cm³/mol. The number of carbonyl (C=O) groups is 1. The number of hydrogen-bond acceptors (Lipinski definition) is 5. The molecule has 0 saturated carbocycles. The van der Waals surface area contributed by atoms with Gasteiger partial charge in [0.05, 0.1) is 5.56 Å². The average molecular weight is 203 g/mol. The first-order chi connectivity index (χ1) is 5.91. The molecule has 0 atom stereocenters. The summed E-state index contributed by atoms with van der Waals surface area (Å²) in [6.45, 7) is 0. The van der Waals surface area contributed by atoms with Crippen molar-refractivity contribution in [1.82, 2.24) is 9.97 Å². The lowest BCUT2D eigenvalue weighted by atomic mass is 10.3.